The molecule has 3 aromatic carbocycles. The quantitative estimate of drug-likeness (QED) is 0.140. The SMILES string of the molecule is CCCCCCOCC1=C(C(=O)OCCC(c2ccccc2)c2ccccc2)C(c2cccc(Cl)c2)C(C(=O)O)C(C)=N1. The van der Waals surface area contributed by atoms with Gasteiger partial charge in [0.05, 0.1) is 24.5 Å². The maximum Gasteiger partial charge on any atom is 0.336 e. The second-order valence-corrected chi connectivity index (χ2v) is 11.3. The monoisotopic (exact) mass is 601 g/mol. The number of carboxylic acid groups (broad SMARTS) is 1. The number of aliphatic carboxylic acids is 1. The van der Waals surface area contributed by atoms with Gasteiger partial charge in [0.15, 0.2) is 0 Å². The summed E-state index contributed by atoms with van der Waals surface area (Å²) in [6, 6.07) is 27.2. The number of unbranched alkanes of at least 4 members (excludes halogenated alkanes) is 3. The highest BCUT2D eigenvalue weighted by Gasteiger charge is 2.42. The van der Waals surface area contributed by atoms with Gasteiger partial charge < -0.3 is 14.6 Å². The van der Waals surface area contributed by atoms with Crippen LogP contribution >= 0.6 is 11.6 Å². The Balaban J connectivity index is 1.63. The minimum Gasteiger partial charge on any atom is -0.481 e. The number of carbonyl (C=O) groups is 2. The van der Waals surface area contributed by atoms with Crippen LogP contribution in [0, 0.1) is 5.92 Å². The first-order valence-corrected chi connectivity index (χ1v) is 15.4. The van der Waals surface area contributed by atoms with E-state index in [2.05, 4.69) is 36.2 Å². The van der Waals surface area contributed by atoms with Gasteiger partial charge in [0.1, 0.15) is 5.92 Å². The molecule has 2 atom stereocenters. The van der Waals surface area contributed by atoms with Crippen molar-refractivity contribution in [3.8, 4) is 0 Å². The summed E-state index contributed by atoms with van der Waals surface area (Å²) < 4.78 is 11.9. The van der Waals surface area contributed by atoms with Gasteiger partial charge in [-0.25, -0.2) is 4.79 Å². The molecule has 2 unspecified atom stereocenters. The minimum atomic E-state index is -1.07. The number of benzene rings is 3. The van der Waals surface area contributed by atoms with Crippen molar-refractivity contribution >= 4 is 29.3 Å². The van der Waals surface area contributed by atoms with E-state index in [0.29, 0.717) is 35.0 Å². The van der Waals surface area contributed by atoms with Crippen molar-refractivity contribution in [2.45, 2.75) is 57.8 Å². The normalized spacial score (nSPS) is 16.7. The molecule has 0 fully saturated rings. The van der Waals surface area contributed by atoms with Gasteiger partial charge in [-0.3, -0.25) is 9.79 Å². The Morgan fingerprint density at radius 3 is 2.19 bits per heavy atom. The molecule has 7 heteroatoms. The molecule has 0 radical (unpaired) electrons. The average Bonchev–Trinajstić information content (AvgIpc) is 3.01. The van der Waals surface area contributed by atoms with Gasteiger partial charge in [0.25, 0.3) is 0 Å². The highest BCUT2D eigenvalue weighted by molar-refractivity contribution is 6.30. The molecule has 43 heavy (non-hydrogen) atoms. The lowest BCUT2D eigenvalue weighted by Gasteiger charge is -2.31. The van der Waals surface area contributed by atoms with Crippen LogP contribution in [0.15, 0.2) is 101 Å². The molecule has 0 amide bonds. The van der Waals surface area contributed by atoms with Crippen LogP contribution in [0.25, 0.3) is 0 Å². The van der Waals surface area contributed by atoms with Gasteiger partial charge in [0, 0.05) is 29.2 Å². The molecule has 1 N–H and O–H groups in total. The maximum atomic E-state index is 13.9. The predicted octanol–water partition coefficient (Wildman–Crippen LogP) is 8.22. The number of nitrogens with zero attached hydrogens (tertiary/aromatic N) is 1. The van der Waals surface area contributed by atoms with Crippen molar-refractivity contribution < 1.29 is 24.2 Å². The van der Waals surface area contributed by atoms with Crippen LogP contribution in [-0.2, 0) is 19.1 Å². The van der Waals surface area contributed by atoms with Crippen molar-refractivity contribution in [1.82, 2.24) is 0 Å². The summed E-state index contributed by atoms with van der Waals surface area (Å²) in [6.45, 7) is 4.60. The Morgan fingerprint density at radius 2 is 1.58 bits per heavy atom. The van der Waals surface area contributed by atoms with Crippen LogP contribution < -0.4 is 0 Å². The zero-order chi connectivity index (χ0) is 30.6. The van der Waals surface area contributed by atoms with E-state index in [1.807, 2.05) is 36.4 Å². The van der Waals surface area contributed by atoms with Gasteiger partial charge in [0.2, 0.25) is 0 Å². The number of hydrogen-bond acceptors (Lipinski definition) is 5. The van der Waals surface area contributed by atoms with Crippen LogP contribution in [0.4, 0.5) is 0 Å². The van der Waals surface area contributed by atoms with Crippen molar-refractivity contribution in [2.75, 3.05) is 19.8 Å². The lowest BCUT2D eigenvalue weighted by Crippen LogP contribution is -2.36. The van der Waals surface area contributed by atoms with Gasteiger partial charge >= 0.3 is 11.9 Å². The molecule has 0 aromatic heterocycles. The summed E-state index contributed by atoms with van der Waals surface area (Å²) in [4.78, 5) is 31.1. The zero-order valence-electron chi connectivity index (χ0n) is 24.9. The van der Waals surface area contributed by atoms with Crippen LogP contribution in [0.3, 0.4) is 0 Å². The third-order valence-electron chi connectivity index (χ3n) is 7.83. The molecule has 4 rings (SSSR count). The fourth-order valence-electron chi connectivity index (χ4n) is 5.71. The third kappa shape index (κ3) is 8.65. The van der Waals surface area contributed by atoms with E-state index < -0.39 is 23.8 Å². The summed E-state index contributed by atoms with van der Waals surface area (Å²) in [7, 11) is 0. The molecule has 1 aliphatic rings. The topological polar surface area (TPSA) is 85.2 Å². The van der Waals surface area contributed by atoms with E-state index >= 15 is 0 Å². The Hall–Kier alpha value is -3.74. The molecular formula is C36H40ClNO5. The lowest BCUT2D eigenvalue weighted by atomic mass is 9.75. The molecule has 0 spiro atoms. The van der Waals surface area contributed by atoms with Crippen LogP contribution in [0.1, 0.15) is 74.5 Å². The van der Waals surface area contributed by atoms with E-state index in [-0.39, 0.29) is 24.7 Å². The first-order valence-electron chi connectivity index (χ1n) is 15.0. The number of rotatable bonds is 15. The molecule has 0 aliphatic carbocycles. The standard InChI is InChI=1S/C36H40ClNO5/c1-3-4-5-12-21-42-24-31-34(33(28-18-13-19-29(37)23-28)32(35(39)40)25(2)38-31)36(41)43-22-20-30(26-14-8-6-9-15-26)27-16-10-7-11-17-27/h6-11,13-19,23,30,32-33H,3-5,12,20-22,24H2,1-2H3,(H,39,40). The number of halogens is 1. The van der Waals surface area contributed by atoms with Gasteiger partial charge in [-0.1, -0.05) is 111 Å². The summed E-state index contributed by atoms with van der Waals surface area (Å²) in [5.41, 5.74) is 3.90. The Kier molecular flexibility index (Phi) is 12.1. The average molecular weight is 602 g/mol. The number of aliphatic imine (C=N–C) groups is 1. The maximum absolute atomic E-state index is 13.9. The first kappa shape index (κ1) is 32.2. The van der Waals surface area contributed by atoms with Crippen LogP contribution in [-0.4, -0.2) is 42.6 Å². The van der Waals surface area contributed by atoms with E-state index in [0.717, 1.165) is 36.8 Å². The van der Waals surface area contributed by atoms with Crippen molar-refractivity contribution in [3.63, 3.8) is 0 Å². The molecule has 0 saturated carbocycles. The smallest absolute Gasteiger partial charge is 0.336 e. The minimum absolute atomic E-state index is 0.0252. The molecule has 0 saturated heterocycles. The molecule has 1 aliphatic heterocycles. The van der Waals surface area contributed by atoms with Crippen molar-refractivity contribution in [3.05, 3.63) is 118 Å². The van der Waals surface area contributed by atoms with Crippen LogP contribution in [0.5, 0.6) is 0 Å². The fraction of sp³-hybridized carbons (Fsp3) is 0.361. The van der Waals surface area contributed by atoms with Crippen molar-refractivity contribution in [2.24, 2.45) is 10.9 Å². The molecule has 6 nitrogen and oxygen atoms in total. The van der Waals surface area contributed by atoms with Crippen molar-refractivity contribution in [1.29, 1.82) is 0 Å². The largest absolute Gasteiger partial charge is 0.481 e. The van der Waals surface area contributed by atoms with Crippen LogP contribution in [0.2, 0.25) is 5.02 Å². The number of carbonyl (C=O) groups excluding carboxylic acids is 1. The van der Waals surface area contributed by atoms with Gasteiger partial charge in [-0.15, -0.1) is 0 Å². The van der Waals surface area contributed by atoms with E-state index in [4.69, 9.17) is 21.1 Å². The molecule has 3 aromatic rings. The van der Waals surface area contributed by atoms with Gasteiger partial charge in [-0.2, -0.15) is 0 Å². The molecule has 0 bridgehead atoms. The Bertz CT molecular complexity index is 1380. The van der Waals surface area contributed by atoms with Gasteiger partial charge in [-0.05, 0) is 48.6 Å². The van der Waals surface area contributed by atoms with E-state index in [1.165, 1.54) is 0 Å². The predicted molar refractivity (Wildman–Crippen MR) is 171 cm³/mol. The summed E-state index contributed by atoms with van der Waals surface area (Å²) in [6.07, 6.45) is 4.77. The summed E-state index contributed by atoms with van der Waals surface area (Å²) in [5, 5.41) is 10.7. The number of carboxylic acids is 1. The molecular weight excluding hydrogens is 562 g/mol. The Morgan fingerprint density at radius 1 is 0.907 bits per heavy atom. The lowest BCUT2D eigenvalue weighted by molar-refractivity contribution is -0.141. The number of hydrogen-bond donors (Lipinski definition) is 1. The zero-order valence-corrected chi connectivity index (χ0v) is 25.6. The first-order chi connectivity index (χ1) is 20.9. The summed E-state index contributed by atoms with van der Waals surface area (Å²) >= 11 is 6.34. The highest BCUT2D eigenvalue weighted by Crippen LogP contribution is 2.41. The summed E-state index contributed by atoms with van der Waals surface area (Å²) in [5.74, 6) is -3.49. The second kappa shape index (κ2) is 16.2. The molecule has 226 valence electrons. The second-order valence-electron chi connectivity index (χ2n) is 10.9. The van der Waals surface area contributed by atoms with E-state index in [1.54, 1.807) is 31.2 Å². The van der Waals surface area contributed by atoms with E-state index in [9.17, 15) is 14.7 Å². The number of esters is 1. The highest BCUT2D eigenvalue weighted by atomic mass is 35.5. The Labute approximate surface area is 259 Å². The third-order valence-corrected chi connectivity index (χ3v) is 8.07. The fourth-order valence-corrected chi connectivity index (χ4v) is 5.91. The number of ether oxygens (including phenoxy) is 2. The molecule has 1 heterocycles.